The van der Waals surface area contributed by atoms with E-state index in [0.717, 1.165) is 0 Å². The molecule has 0 fully saturated rings. The van der Waals surface area contributed by atoms with Crippen LogP contribution in [0, 0.1) is 10.1 Å². The zero-order chi connectivity index (χ0) is 19.2. The largest absolute Gasteiger partial charge is 0.321 e. The summed E-state index contributed by atoms with van der Waals surface area (Å²) >= 11 is 0. The van der Waals surface area contributed by atoms with Crippen LogP contribution in [-0.4, -0.2) is 21.7 Å². The zero-order valence-electron chi connectivity index (χ0n) is 14.0. The van der Waals surface area contributed by atoms with Gasteiger partial charge in [-0.15, -0.1) is 0 Å². The number of amides is 2. The van der Waals surface area contributed by atoms with Gasteiger partial charge in [-0.1, -0.05) is 24.3 Å². The van der Waals surface area contributed by atoms with E-state index >= 15 is 0 Å². The van der Waals surface area contributed by atoms with Crippen molar-refractivity contribution < 1.29 is 14.5 Å². The van der Waals surface area contributed by atoms with Gasteiger partial charge in [-0.25, -0.2) is 0 Å². The topological polar surface area (TPSA) is 114 Å². The molecule has 1 heterocycles. The van der Waals surface area contributed by atoms with E-state index in [4.69, 9.17) is 0 Å². The first-order chi connectivity index (χ1) is 13.1. The van der Waals surface area contributed by atoms with Crippen LogP contribution in [0.5, 0.6) is 0 Å². The number of aromatic nitrogens is 1. The molecule has 2 aromatic carbocycles. The number of nitro benzene ring substituents is 1. The Morgan fingerprint density at radius 2 is 1.52 bits per heavy atom. The van der Waals surface area contributed by atoms with E-state index in [1.807, 2.05) is 0 Å². The molecule has 2 N–H and O–H groups in total. The summed E-state index contributed by atoms with van der Waals surface area (Å²) in [6.45, 7) is 0. The Balaban J connectivity index is 1.85. The first kappa shape index (κ1) is 17.7. The molecule has 1 aromatic heterocycles. The fourth-order valence-corrected chi connectivity index (χ4v) is 2.44. The van der Waals surface area contributed by atoms with Crippen molar-refractivity contribution in [2.75, 3.05) is 10.6 Å². The number of carbonyl (C=O) groups is 2. The van der Waals surface area contributed by atoms with Gasteiger partial charge >= 0.3 is 0 Å². The number of para-hydroxylation sites is 2. The minimum atomic E-state index is -0.677. The number of rotatable bonds is 5. The maximum atomic E-state index is 12.5. The lowest BCUT2D eigenvalue weighted by atomic mass is 10.1. The van der Waals surface area contributed by atoms with Crippen LogP contribution < -0.4 is 10.6 Å². The number of nitro groups is 1. The van der Waals surface area contributed by atoms with Gasteiger partial charge < -0.3 is 10.6 Å². The Hall–Kier alpha value is -4.07. The second-order valence-corrected chi connectivity index (χ2v) is 5.47. The molecular weight excluding hydrogens is 348 g/mol. The molecule has 0 unspecified atom stereocenters. The van der Waals surface area contributed by atoms with Gasteiger partial charge in [0.15, 0.2) is 0 Å². The molecule has 0 saturated carbocycles. The van der Waals surface area contributed by atoms with Gasteiger partial charge in [0.25, 0.3) is 17.5 Å². The molecule has 0 atom stereocenters. The zero-order valence-corrected chi connectivity index (χ0v) is 14.0. The van der Waals surface area contributed by atoms with E-state index < -0.39 is 16.7 Å². The van der Waals surface area contributed by atoms with Crippen LogP contribution in [0.15, 0.2) is 73.1 Å². The molecule has 8 nitrogen and oxygen atoms in total. The third-order valence-corrected chi connectivity index (χ3v) is 3.68. The van der Waals surface area contributed by atoms with Crippen molar-refractivity contribution in [3.63, 3.8) is 0 Å². The van der Waals surface area contributed by atoms with Crippen molar-refractivity contribution in [1.82, 2.24) is 4.98 Å². The molecule has 134 valence electrons. The Morgan fingerprint density at radius 1 is 0.852 bits per heavy atom. The van der Waals surface area contributed by atoms with Crippen LogP contribution in [0.4, 0.5) is 17.1 Å². The van der Waals surface area contributed by atoms with Crippen molar-refractivity contribution in [2.45, 2.75) is 0 Å². The normalized spacial score (nSPS) is 10.1. The first-order valence-electron chi connectivity index (χ1n) is 7.91. The third-order valence-electron chi connectivity index (χ3n) is 3.68. The minimum absolute atomic E-state index is 0.0926. The molecule has 0 aliphatic rings. The van der Waals surface area contributed by atoms with Crippen LogP contribution in [0.1, 0.15) is 20.7 Å². The molecule has 0 bridgehead atoms. The van der Waals surface area contributed by atoms with E-state index in [2.05, 4.69) is 15.6 Å². The number of hydrogen-bond donors (Lipinski definition) is 2. The van der Waals surface area contributed by atoms with E-state index in [1.165, 1.54) is 30.5 Å². The summed E-state index contributed by atoms with van der Waals surface area (Å²) in [5.74, 6) is -1.12. The summed E-state index contributed by atoms with van der Waals surface area (Å²) in [5.41, 5.74) is 0.551. The highest BCUT2D eigenvalue weighted by atomic mass is 16.6. The smallest absolute Gasteiger partial charge is 0.282 e. The SMILES string of the molecule is O=C(Nc1cccnc1)c1ccccc1NC(=O)c1ccccc1[N+](=O)[O-]. The Bertz CT molecular complexity index is 1010. The predicted octanol–water partition coefficient (Wildman–Crippen LogP) is 3.49. The minimum Gasteiger partial charge on any atom is -0.321 e. The number of hydrogen-bond acceptors (Lipinski definition) is 5. The predicted molar refractivity (Wildman–Crippen MR) is 99.7 cm³/mol. The van der Waals surface area contributed by atoms with Crippen molar-refractivity contribution in [1.29, 1.82) is 0 Å². The molecule has 0 aliphatic heterocycles. The first-order valence-corrected chi connectivity index (χ1v) is 7.91. The fourth-order valence-electron chi connectivity index (χ4n) is 2.44. The molecule has 0 spiro atoms. The number of carbonyl (C=O) groups excluding carboxylic acids is 2. The number of nitrogens with zero attached hydrogens (tertiary/aromatic N) is 2. The lowest BCUT2D eigenvalue weighted by molar-refractivity contribution is -0.385. The van der Waals surface area contributed by atoms with E-state index in [9.17, 15) is 19.7 Å². The molecule has 3 aromatic rings. The molecule has 0 aliphatic carbocycles. The van der Waals surface area contributed by atoms with Crippen LogP contribution in [-0.2, 0) is 0 Å². The monoisotopic (exact) mass is 362 g/mol. The van der Waals surface area contributed by atoms with Crippen LogP contribution >= 0.6 is 0 Å². The van der Waals surface area contributed by atoms with Crippen molar-refractivity contribution in [3.8, 4) is 0 Å². The molecule has 0 saturated heterocycles. The van der Waals surface area contributed by atoms with Crippen LogP contribution in [0.25, 0.3) is 0 Å². The second kappa shape index (κ2) is 7.87. The summed E-state index contributed by atoms with van der Waals surface area (Å²) < 4.78 is 0. The van der Waals surface area contributed by atoms with Crippen LogP contribution in [0.2, 0.25) is 0 Å². The molecule has 8 heteroatoms. The van der Waals surface area contributed by atoms with Crippen molar-refractivity contribution >= 4 is 28.9 Å². The molecule has 0 radical (unpaired) electrons. The van der Waals surface area contributed by atoms with Gasteiger partial charge in [-0.2, -0.15) is 0 Å². The molecule has 27 heavy (non-hydrogen) atoms. The Labute approximate surface area is 154 Å². The van der Waals surface area contributed by atoms with Gasteiger partial charge in [-0.3, -0.25) is 24.7 Å². The number of benzene rings is 2. The van der Waals surface area contributed by atoms with Crippen LogP contribution in [0.3, 0.4) is 0 Å². The van der Waals surface area contributed by atoms with Gasteiger partial charge in [-0.05, 0) is 30.3 Å². The Kier molecular flexibility index (Phi) is 5.17. The average molecular weight is 362 g/mol. The highest BCUT2D eigenvalue weighted by Crippen LogP contribution is 2.22. The standard InChI is InChI=1S/C19H14N4O4/c24-18(21-13-6-5-11-20-12-13)14-7-1-3-9-16(14)22-19(25)15-8-2-4-10-17(15)23(26)27/h1-12H,(H,21,24)(H,22,25). The highest BCUT2D eigenvalue weighted by Gasteiger charge is 2.21. The third kappa shape index (κ3) is 4.13. The number of anilines is 2. The summed E-state index contributed by atoms with van der Waals surface area (Å²) in [7, 11) is 0. The van der Waals surface area contributed by atoms with E-state index in [-0.39, 0.29) is 22.5 Å². The lowest BCUT2D eigenvalue weighted by Crippen LogP contribution is -2.19. The fraction of sp³-hybridized carbons (Fsp3) is 0. The van der Waals surface area contributed by atoms with E-state index in [1.54, 1.807) is 42.6 Å². The maximum absolute atomic E-state index is 12.5. The quantitative estimate of drug-likeness (QED) is 0.532. The van der Waals surface area contributed by atoms with E-state index in [0.29, 0.717) is 5.69 Å². The number of nitrogens with one attached hydrogen (secondary N) is 2. The summed E-state index contributed by atoms with van der Waals surface area (Å²) in [4.78, 5) is 39.4. The van der Waals surface area contributed by atoms with Gasteiger partial charge in [0.05, 0.1) is 28.1 Å². The lowest BCUT2D eigenvalue weighted by Gasteiger charge is -2.11. The summed E-state index contributed by atoms with van der Waals surface area (Å²) in [6, 6.07) is 15.4. The molecule has 3 rings (SSSR count). The van der Waals surface area contributed by atoms with Crippen molar-refractivity contribution in [2.24, 2.45) is 0 Å². The van der Waals surface area contributed by atoms with Gasteiger partial charge in [0, 0.05) is 12.3 Å². The average Bonchev–Trinajstić information content (AvgIpc) is 2.69. The summed E-state index contributed by atoms with van der Waals surface area (Å²) in [5, 5.41) is 16.4. The Morgan fingerprint density at radius 3 is 2.22 bits per heavy atom. The maximum Gasteiger partial charge on any atom is 0.282 e. The molecular formula is C19H14N4O4. The second-order valence-electron chi connectivity index (χ2n) is 5.47. The summed E-state index contributed by atoms with van der Waals surface area (Å²) in [6.07, 6.45) is 3.07. The number of pyridine rings is 1. The highest BCUT2D eigenvalue weighted by molar-refractivity contribution is 6.13. The van der Waals surface area contributed by atoms with Crippen molar-refractivity contribution in [3.05, 3.63) is 94.3 Å². The molecule has 2 amide bonds. The van der Waals surface area contributed by atoms with Gasteiger partial charge in [0.2, 0.25) is 0 Å². The van der Waals surface area contributed by atoms with Gasteiger partial charge in [0.1, 0.15) is 5.56 Å².